The van der Waals surface area contributed by atoms with Crippen LogP contribution in [0.4, 0.5) is 8.78 Å². The summed E-state index contributed by atoms with van der Waals surface area (Å²) < 4.78 is 28.3. The van der Waals surface area contributed by atoms with Crippen LogP contribution in [0.5, 0.6) is 5.75 Å². The van der Waals surface area contributed by atoms with E-state index in [1.807, 2.05) is 12.3 Å². The normalized spacial score (nSPS) is 12.6. The molecule has 1 atom stereocenters. The molecule has 1 aromatic heterocycles. The maximum Gasteiger partial charge on any atom is 0.387 e. The van der Waals surface area contributed by atoms with Gasteiger partial charge in [-0.15, -0.1) is 11.3 Å². The van der Waals surface area contributed by atoms with E-state index in [0.717, 1.165) is 10.7 Å². The number of aryl methyl sites for hydroxylation is 1. The number of halogens is 2. The fourth-order valence-electron chi connectivity index (χ4n) is 1.79. The van der Waals surface area contributed by atoms with Crippen molar-refractivity contribution in [3.8, 4) is 5.75 Å². The summed E-state index contributed by atoms with van der Waals surface area (Å²) in [7, 11) is 0. The van der Waals surface area contributed by atoms with E-state index in [9.17, 15) is 13.9 Å². The smallest absolute Gasteiger partial charge is 0.387 e. The first-order valence-corrected chi connectivity index (χ1v) is 7.27. The second-order valence-electron chi connectivity index (χ2n) is 4.48. The monoisotopic (exact) mass is 314 g/mol. The molecule has 0 radical (unpaired) electrons. The number of thiazole rings is 1. The number of nitrogens with zero attached hydrogens (tertiary/aromatic N) is 1. The number of alkyl halides is 2. The standard InChI is InChI=1S/C14H16F2N2O2S/c1-9-8-21-13(18-9)7-17-6-12(19)10-2-4-11(5-3-10)20-14(15)16/h2-5,8,12,14,17,19H,6-7H2,1H3. The topological polar surface area (TPSA) is 54.4 Å². The minimum absolute atomic E-state index is 0.0761. The van der Waals surface area contributed by atoms with Crippen LogP contribution in [0.3, 0.4) is 0 Å². The van der Waals surface area contributed by atoms with Crippen LogP contribution in [-0.4, -0.2) is 23.2 Å². The zero-order valence-electron chi connectivity index (χ0n) is 11.4. The summed E-state index contributed by atoms with van der Waals surface area (Å²) >= 11 is 1.56. The molecule has 0 bridgehead atoms. The van der Waals surface area contributed by atoms with Gasteiger partial charge in [-0.25, -0.2) is 4.98 Å². The van der Waals surface area contributed by atoms with E-state index in [1.54, 1.807) is 23.5 Å². The highest BCUT2D eigenvalue weighted by molar-refractivity contribution is 7.09. The summed E-state index contributed by atoms with van der Waals surface area (Å²) in [5.41, 5.74) is 1.62. The van der Waals surface area contributed by atoms with Crippen LogP contribution in [0.1, 0.15) is 22.4 Å². The number of aliphatic hydroxyl groups excluding tert-OH is 1. The van der Waals surface area contributed by atoms with Crippen LogP contribution in [0.2, 0.25) is 0 Å². The lowest BCUT2D eigenvalue weighted by Crippen LogP contribution is -2.21. The minimum Gasteiger partial charge on any atom is -0.435 e. The van der Waals surface area contributed by atoms with Crippen LogP contribution < -0.4 is 10.1 Å². The molecule has 2 rings (SSSR count). The van der Waals surface area contributed by atoms with Gasteiger partial charge in [-0.05, 0) is 24.6 Å². The lowest BCUT2D eigenvalue weighted by atomic mass is 10.1. The maximum atomic E-state index is 12.0. The highest BCUT2D eigenvalue weighted by atomic mass is 32.1. The second kappa shape index (κ2) is 7.44. The third kappa shape index (κ3) is 5.04. The van der Waals surface area contributed by atoms with Gasteiger partial charge in [0.15, 0.2) is 0 Å². The number of benzene rings is 1. The van der Waals surface area contributed by atoms with Crippen LogP contribution in [0, 0.1) is 6.92 Å². The number of aromatic nitrogens is 1. The molecule has 0 saturated carbocycles. The van der Waals surface area contributed by atoms with Crippen molar-refractivity contribution in [2.24, 2.45) is 0 Å². The highest BCUT2D eigenvalue weighted by Crippen LogP contribution is 2.19. The lowest BCUT2D eigenvalue weighted by molar-refractivity contribution is -0.0498. The zero-order chi connectivity index (χ0) is 15.2. The first-order chi connectivity index (χ1) is 10.0. The number of nitrogens with one attached hydrogen (secondary N) is 1. The van der Waals surface area contributed by atoms with E-state index >= 15 is 0 Å². The van der Waals surface area contributed by atoms with Gasteiger partial charge in [0.2, 0.25) is 0 Å². The zero-order valence-corrected chi connectivity index (χ0v) is 12.2. The van der Waals surface area contributed by atoms with Crippen LogP contribution in [0.25, 0.3) is 0 Å². The van der Waals surface area contributed by atoms with Crippen molar-refractivity contribution in [2.75, 3.05) is 6.54 Å². The van der Waals surface area contributed by atoms with Gasteiger partial charge in [0, 0.05) is 24.2 Å². The molecule has 2 N–H and O–H groups in total. The van der Waals surface area contributed by atoms with Gasteiger partial charge in [0.25, 0.3) is 0 Å². The first-order valence-electron chi connectivity index (χ1n) is 6.39. The quantitative estimate of drug-likeness (QED) is 0.825. The van der Waals surface area contributed by atoms with Crippen molar-refractivity contribution in [2.45, 2.75) is 26.2 Å². The van der Waals surface area contributed by atoms with Gasteiger partial charge < -0.3 is 15.2 Å². The minimum atomic E-state index is -2.84. The molecule has 0 amide bonds. The molecule has 0 aliphatic carbocycles. The Morgan fingerprint density at radius 2 is 2.05 bits per heavy atom. The van der Waals surface area contributed by atoms with Crippen molar-refractivity contribution in [1.29, 1.82) is 0 Å². The second-order valence-corrected chi connectivity index (χ2v) is 5.42. The Morgan fingerprint density at radius 3 is 2.62 bits per heavy atom. The Morgan fingerprint density at radius 1 is 1.33 bits per heavy atom. The largest absolute Gasteiger partial charge is 0.435 e. The maximum absolute atomic E-state index is 12.0. The van der Waals surface area contributed by atoms with Crippen molar-refractivity contribution in [1.82, 2.24) is 10.3 Å². The summed E-state index contributed by atoms with van der Waals surface area (Å²) in [4.78, 5) is 4.31. The Balaban J connectivity index is 1.81. The van der Waals surface area contributed by atoms with Crippen molar-refractivity contribution in [3.63, 3.8) is 0 Å². The average molecular weight is 314 g/mol. The third-order valence-electron chi connectivity index (χ3n) is 2.77. The molecule has 0 aliphatic heterocycles. The number of ether oxygens (including phenoxy) is 1. The average Bonchev–Trinajstić information content (AvgIpc) is 2.84. The summed E-state index contributed by atoms with van der Waals surface area (Å²) in [6.07, 6.45) is -0.716. The van der Waals surface area contributed by atoms with Gasteiger partial charge in [-0.3, -0.25) is 0 Å². The molecule has 1 heterocycles. The van der Waals surface area contributed by atoms with E-state index < -0.39 is 12.7 Å². The summed E-state index contributed by atoms with van der Waals surface area (Å²) in [5, 5.41) is 16.0. The summed E-state index contributed by atoms with van der Waals surface area (Å²) in [5.74, 6) is 0.0761. The molecule has 0 saturated heterocycles. The third-order valence-corrected chi connectivity index (χ3v) is 3.74. The SMILES string of the molecule is Cc1csc(CNCC(O)c2ccc(OC(F)F)cc2)n1. The summed E-state index contributed by atoms with van der Waals surface area (Å²) in [6.45, 7) is 0.0254. The Kier molecular flexibility index (Phi) is 5.60. The molecule has 4 nitrogen and oxygen atoms in total. The molecule has 0 aliphatic rings. The first kappa shape index (κ1) is 15.8. The van der Waals surface area contributed by atoms with Crippen molar-refractivity contribution in [3.05, 3.63) is 45.9 Å². The van der Waals surface area contributed by atoms with Crippen LogP contribution >= 0.6 is 11.3 Å². The fourth-order valence-corrected chi connectivity index (χ4v) is 2.53. The number of rotatable bonds is 7. The molecule has 1 unspecified atom stereocenters. The molecular weight excluding hydrogens is 298 g/mol. The van der Waals surface area contributed by atoms with Crippen molar-refractivity contribution < 1.29 is 18.6 Å². The van der Waals surface area contributed by atoms with E-state index in [1.165, 1.54) is 12.1 Å². The van der Waals surface area contributed by atoms with Gasteiger partial charge >= 0.3 is 6.61 Å². The number of aliphatic hydroxyl groups is 1. The molecule has 0 spiro atoms. The Bertz CT molecular complexity index is 560. The fraction of sp³-hybridized carbons (Fsp3) is 0.357. The number of hydrogen-bond donors (Lipinski definition) is 2. The lowest BCUT2D eigenvalue weighted by Gasteiger charge is -2.12. The van der Waals surface area contributed by atoms with Gasteiger partial charge in [-0.1, -0.05) is 12.1 Å². The van der Waals surface area contributed by atoms with Crippen molar-refractivity contribution >= 4 is 11.3 Å². The summed E-state index contributed by atoms with van der Waals surface area (Å²) in [6, 6.07) is 5.96. The Hall–Kier alpha value is -1.57. The molecule has 21 heavy (non-hydrogen) atoms. The number of hydrogen-bond acceptors (Lipinski definition) is 5. The molecular formula is C14H16F2N2O2S. The highest BCUT2D eigenvalue weighted by Gasteiger charge is 2.09. The predicted molar refractivity (Wildman–Crippen MR) is 76.6 cm³/mol. The molecule has 114 valence electrons. The molecule has 1 aromatic carbocycles. The van der Waals surface area contributed by atoms with Gasteiger partial charge in [0.05, 0.1) is 6.10 Å². The predicted octanol–water partition coefficient (Wildman–Crippen LogP) is 2.88. The van der Waals surface area contributed by atoms with Crippen LogP contribution in [0.15, 0.2) is 29.6 Å². The van der Waals surface area contributed by atoms with Gasteiger partial charge in [-0.2, -0.15) is 8.78 Å². The Labute approximate surface area is 125 Å². The van der Waals surface area contributed by atoms with E-state index in [2.05, 4.69) is 15.0 Å². The molecule has 7 heteroatoms. The van der Waals surface area contributed by atoms with Gasteiger partial charge in [0.1, 0.15) is 10.8 Å². The van der Waals surface area contributed by atoms with E-state index in [4.69, 9.17) is 0 Å². The van der Waals surface area contributed by atoms with E-state index in [0.29, 0.717) is 18.7 Å². The molecule has 2 aromatic rings. The van der Waals surface area contributed by atoms with Crippen LogP contribution in [-0.2, 0) is 6.54 Å². The molecule has 0 fully saturated rings. The van der Waals surface area contributed by atoms with E-state index in [-0.39, 0.29) is 5.75 Å².